The molecule has 0 saturated carbocycles. The molecular formula is C10H17N3O3S. The number of carboxylic acid groups (broad SMARTS) is 1. The molecular weight excluding hydrogens is 242 g/mol. The third-order valence-electron chi connectivity index (χ3n) is 2.12. The standard InChI is InChI=1S/C10H17N3O3S/c1-6(2)9-12-8(16-13-9)5-17-4-3-7(11)10(14)15/h6-7H,3-5,11H2,1-2H3,(H,14,15). The second-order valence-electron chi connectivity index (χ2n) is 3.99. The molecule has 0 bridgehead atoms. The average molecular weight is 259 g/mol. The first-order valence-electron chi connectivity index (χ1n) is 5.39. The van der Waals surface area contributed by atoms with Crippen molar-refractivity contribution in [3.05, 3.63) is 11.7 Å². The molecule has 0 aromatic carbocycles. The maximum atomic E-state index is 10.5. The Morgan fingerprint density at radius 2 is 2.29 bits per heavy atom. The van der Waals surface area contributed by atoms with E-state index in [0.717, 1.165) is 0 Å². The molecule has 1 rings (SSSR count). The highest BCUT2D eigenvalue weighted by atomic mass is 32.2. The first kappa shape index (κ1) is 14.0. The summed E-state index contributed by atoms with van der Waals surface area (Å²) >= 11 is 1.54. The van der Waals surface area contributed by atoms with E-state index in [1.54, 1.807) is 0 Å². The molecule has 1 heterocycles. The van der Waals surface area contributed by atoms with Gasteiger partial charge in [0.25, 0.3) is 0 Å². The maximum Gasteiger partial charge on any atom is 0.320 e. The van der Waals surface area contributed by atoms with Crippen molar-refractivity contribution in [2.45, 2.75) is 38.0 Å². The van der Waals surface area contributed by atoms with Crippen LogP contribution < -0.4 is 5.73 Å². The Balaban J connectivity index is 2.24. The quantitative estimate of drug-likeness (QED) is 0.710. The van der Waals surface area contributed by atoms with Crippen LogP contribution in [0.1, 0.15) is 37.9 Å². The van der Waals surface area contributed by atoms with E-state index in [1.165, 1.54) is 11.8 Å². The minimum Gasteiger partial charge on any atom is -0.480 e. The third-order valence-corrected chi connectivity index (χ3v) is 3.09. The Labute approximate surface area is 104 Å². The molecule has 1 unspecified atom stereocenters. The molecule has 0 aliphatic carbocycles. The molecule has 6 nitrogen and oxygen atoms in total. The van der Waals surface area contributed by atoms with Crippen LogP contribution in [0.25, 0.3) is 0 Å². The summed E-state index contributed by atoms with van der Waals surface area (Å²) in [5.41, 5.74) is 5.38. The number of rotatable bonds is 7. The first-order valence-corrected chi connectivity index (χ1v) is 6.54. The topological polar surface area (TPSA) is 102 Å². The van der Waals surface area contributed by atoms with Crippen LogP contribution in [0.4, 0.5) is 0 Å². The van der Waals surface area contributed by atoms with Gasteiger partial charge in [-0.2, -0.15) is 16.7 Å². The highest BCUT2D eigenvalue weighted by Gasteiger charge is 2.12. The smallest absolute Gasteiger partial charge is 0.320 e. The van der Waals surface area contributed by atoms with E-state index >= 15 is 0 Å². The molecule has 0 aliphatic heterocycles. The Morgan fingerprint density at radius 1 is 1.59 bits per heavy atom. The van der Waals surface area contributed by atoms with Gasteiger partial charge in [0.1, 0.15) is 6.04 Å². The van der Waals surface area contributed by atoms with E-state index in [0.29, 0.717) is 29.6 Å². The number of nitrogens with two attached hydrogens (primary N) is 1. The van der Waals surface area contributed by atoms with Crippen molar-refractivity contribution in [1.29, 1.82) is 0 Å². The molecule has 7 heteroatoms. The van der Waals surface area contributed by atoms with Crippen molar-refractivity contribution in [3.8, 4) is 0 Å². The summed E-state index contributed by atoms with van der Waals surface area (Å²) < 4.78 is 5.05. The van der Waals surface area contributed by atoms with Crippen LogP contribution in [-0.4, -0.2) is 33.0 Å². The van der Waals surface area contributed by atoms with Crippen LogP contribution in [0.5, 0.6) is 0 Å². The van der Waals surface area contributed by atoms with Crippen LogP contribution in [-0.2, 0) is 10.5 Å². The summed E-state index contributed by atoms with van der Waals surface area (Å²) in [7, 11) is 0. The van der Waals surface area contributed by atoms with E-state index in [2.05, 4.69) is 10.1 Å². The van der Waals surface area contributed by atoms with E-state index in [-0.39, 0.29) is 5.92 Å². The monoisotopic (exact) mass is 259 g/mol. The van der Waals surface area contributed by atoms with E-state index in [1.807, 2.05) is 13.8 Å². The second kappa shape index (κ2) is 6.61. The third kappa shape index (κ3) is 4.74. The van der Waals surface area contributed by atoms with Crippen molar-refractivity contribution in [3.63, 3.8) is 0 Å². The predicted molar refractivity (Wildman–Crippen MR) is 64.8 cm³/mol. The van der Waals surface area contributed by atoms with E-state index < -0.39 is 12.0 Å². The summed E-state index contributed by atoms with van der Waals surface area (Å²) in [4.78, 5) is 14.7. The maximum absolute atomic E-state index is 10.5. The van der Waals surface area contributed by atoms with Crippen LogP contribution in [0.3, 0.4) is 0 Å². The number of thioether (sulfide) groups is 1. The highest BCUT2D eigenvalue weighted by molar-refractivity contribution is 7.98. The van der Waals surface area contributed by atoms with Gasteiger partial charge in [-0.25, -0.2) is 0 Å². The molecule has 1 aromatic rings. The lowest BCUT2D eigenvalue weighted by molar-refractivity contribution is -0.138. The molecule has 0 fully saturated rings. The largest absolute Gasteiger partial charge is 0.480 e. The van der Waals surface area contributed by atoms with Gasteiger partial charge in [0, 0.05) is 5.92 Å². The fraction of sp³-hybridized carbons (Fsp3) is 0.700. The van der Waals surface area contributed by atoms with Crippen molar-refractivity contribution in [1.82, 2.24) is 10.1 Å². The minimum atomic E-state index is -0.967. The number of aromatic nitrogens is 2. The highest BCUT2D eigenvalue weighted by Crippen LogP contribution is 2.15. The normalized spacial score (nSPS) is 12.9. The summed E-state index contributed by atoms with van der Waals surface area (Å²) in [5, 5.41) is 12.4. The van der Waals surface area contributed by atoms with E-state index in [9.17, 15) is 4.79 Å². The Kier molecular flexibility index (Phi) is 5.43. The average Bonchev–Trinajstić information content (AvgIpc) is 2.72. The second-order valence-corrected chi connectivity index (χ2v) is 5.09. The SMILES string of the molecule is CC(C)c1noc(CSCCC(N)C(=O)O)n1. The van der Waals surface area contributed by atoms with Crippen molar-refractivity contribution < 1.29 is 14.4 Å². The van der Waals surface area contributed by atoms with Crippen LogP contribution in [0.15, 0.2) is 4.52 Å². The van der Waals surface area contributed by atoms with Gasteiger partial charge in [0.15, 0.2) is 5.82 Å². The minimum absolute atomic E-state index is 0.248. The predicted octanol–water partition coefficient (Wildman–Crippen LogP) is 1.23. The van der Waals surface area contributed by atoms with Crippen molar-refractivity contribution >= 4 is 17.7 Å². The Hall–Kier alpha value is -1.08. The van der Waals surface area contributed by atoms with Gasteiger partial charge in [0.05, 0.1) is 5.75 Å². The van der Waals surface area contributed by atoms with Gasteiger partial charge in [-0.1, -0.05) is 19.0 Å². The molecule has 96 valence electrons. The van der Waals surface area contributed by atoms with Crippen molar-refractivity contribution in [2.24, 2.45) is 5.73 Å². The summed E-state index contributed by atoms with van der Waals surface area (Å²) in [6.45, 7) is 3.99. The fourth-order valence-electron chi connectivity index (χ4n) is 1.05. The summed E-state index contributed by atoms with van der Waals surface area (Å²) in [6.07, 6.45) is 0.436. The van der Waals surface area contributed by atoms with Gasteiger partial charge in [-0.15, -0.1) is 0 Å². The molecule has 0 aliphatic rings. The molecule has 1 aromatic heterocycles. The first-order chi connectivity index (χ1) is 8.00. The molecule has 0 radical (unpaired) electrons. The van der Waals surface area contributed by atoms with Crippen molar-refractivity contribution in [2.75, 3.05) is 5.75 Å². The van der Waals surface area contributed by atoms with Gasteiger partial charge >= 0.3 is 5.97 Å². The number of carboxylic acids is 1. The van der Waals surface area contributed by atoms with Gasteiger partial charge in [-0.05, 0) is 12.2 Å². The molecule has 0 spiro atoms. The molecule has 1 atom stereocenters. The van der Waals surface area contributed by atoms with Crippen LogP contribution in [0.2, 0.25) is 0 Å². The molecule has 0 saturated heterocycles. The Morgan fingerprint density at radius 3 is 2.82 bits per heavy atom. The zero-order valence-electron chi connectivity index (χ0n) is 9.92. The fourth-order valence-corrected chi connectivity index (χ4v) is 1.91. The van der Waals surface area contributed by atoms with Gasteiger partial charge in [-0.3, -0.25) is 4.79 Å². The molecule has 3 N–H and O–H groups in total. The van der Waals surface area contributed by atoms with Gasteiger partial charge < -0.3 is 15.4 Å². The number of hydrogen-bond donors (Lipinski definition) is 2. The van der Waals surface area contributed by atoms with Crippen LogP contribution >= 0.6 is 11.8 Å². The zero-order chi connectivity index (χ0) is 12.8. The number of aliphatic carboxylic acids is 1. The lowest BCUT2D eigenvalue weighted by Gasteiger charge is -2.04. The van der Waals surface area contributed by atoms with E-state index in [4.69, 9.17) is 15.4 Å². The lowest BCUT2D eigenvalue weighted by Crippen LogP contribution is -2.30. The number of carbonyl (C=O) groups is 1. The summed E-state index contributed by atoms with van der Waals surface area (Å²) in [5.74, 6) is 1.80. The number of hydrogen-bond acceptors (Lipinski definition) is 6. The molecule has 17 heavy (non-hydrogen) atoms. The van der Waals surface area contributed by atoms with Crippen LogP contribution in [0, 0.1) is 0 Å². The Bertz CT molecular complexity index is 367. The lowest BCUT2D eigenvalue weighted by atomic mass is 10.2. The number of nitrogens with zero attached hydrogens (tertiary/aromatic N) is 2. The van der Waals surface area contributed by atoms with Gasteiger partial charge in [0.2, 0.25) is 5.89 Å². The molecule has 0 amide bonds. The zero-order valence-corrected chi connectivity index (χ0v) is 10.7. The summed E-state index contributed by atoms with van der Waals surface area (Å²) in [6, 6.07) is -0.795.